The molecule has 0 N–H and O–H groups in total. The molecule has 4 rings (SSSR count). The molecule has 2 aromatic carbocycles. The molecule has 0 saturated carbocycles. The number of nitrogens with zero attached hydrogens (tertiary/aromatic N) is 2. The van der Waals surface area contributed by atoms with Gasteiger partial charge in [-0.15, -0.1) is 0 Å². The number of benzene rings is 2. The van der Waals surface area contributed by atoms with Gasteiger partial charge in [-0.25, -0.2) is 0 Å². The third-order valence-electron chi connectivity index (χ3n) is 5.13. The molecule has 27 heavy (non-hydrogen) atoms. The Kier molecular flexibility index (Phi) is 4.39. The van der Waals surface area contributed by atoms with Crippen molar-refractivity contribution in [2.75, 3.05) is 25.1 Å². The van der Waals surface area contributed by atoms with Crippen LogP contribution in [0.5, 0.6) is 5.75 Å². The van der Waals surface area contributed by atoms with Crippen molar-refractivity contribution in [1.29, 1.82) is 0 Å². The van der Waals surface area contributed by atoms with Crippen molar-refractivity contribution >= 4 is 23.4 Å². The quantitative estimate of drug-likeness (QED) is 0.783. The van der Waals surface area contributed by atoms with Crippen LogP contribution < -0.4 is 9.64 Å². The molecule has 2 heterocycles. The fourth-order valence-electron chi connectivity index (χ4n) is 3.74. The maximum Gasteiger partial charge on any atom is 0.261 e. The van der Waals surface area contributed by atoms with Crippen LogP contribution in [0.3, 0.4) is 0 Å². The van der Waals surface area contributed by atoms with Gasteiger partial charge in [-0.3, -0.25) is 19.3 Å². The van der Waals surface area contributed by atoms with Gasteiger partial charge < -0.3 is 9.64 Å². The van der Waals surface area contributed by atoms with E-state index in [2.05, 4.69) is 0 Å². The molecule has 2 aromatic rings. The highest BCUT2D eigenvalue weighted by Gasteiger charge is 2.35. The average molecular weight is 364 g/mol. The summed E-state index contributed by atoms with van der Waals surface area (Å²) < 4.78 is 5.26. The van der Waals surface area contributed by atoms with E-state index < -0.39 is 0 Å². The van der Waals surface area contributed by atoms with E-state index in [1.54, 1.807) is 36.3 Å². The minimum Gasteiger partial charge on any atom is -0.497 e. The van der Waals surface area contributed by atoms with Gasteiger partial charge in [0.15, 0.2) is 0 Å². The van der Waals surface area contributed by atoms with Gasteiger partial charge in [0.2, 0.25) is 5.91 Å². The van der Waals surface area contributed by atoms with Crippen molar-refractivity contribution in [2.24, 2.45) is 0 Å². The Morgan fingerprint density at radius 2 is 1.78 bits per heavy atom. The molecule has 0 fully saturated rings. The second-order valence-corrected chi connectivity index (χ2v) is 6.70. The lowest BCUT2D eigenvalue weighted by Crippen LogP contribution is -2.39. The van der Waals surface area contributed by atoms with Gasteiger partial charge in [-0.1, -0.05) is 12.1 Å². The van der Waals surface area contributed by atoms with Crippen molar-refractivity contribution in [2.45, 2.75) is 19.3 Å². The fourth-order valence-corrected chi connectivity index (χ4v) is 3.74. The first-order valence-electron chi connectivity index (χ1n) is 9.02. The maximum absolute atomic E-state index is 12.8. The predicted octanol–water partition coefficient (Wildman–Crippen LogP) is 2.66. The van der Waals surface area contributed by atoms with Crippen LogP contribution in [0.2, 0.25) is 0 Å². The summed E-state index contributed by atoms with van der Waals surface area (Å²) in [5, 5.41) is 0. The molecule has 0 bridgehead atoms. The molecule has 2 aliphatic heterocycles. The molecule has 0 aliphatic carbocycles. The zero-order chi connectivity index (χ0) is 19.0. The number of hydrogen-bond acceptors (Lipinski definition) is 4. The van der Waals surface area contributed by atoms with Gasteiger partial charge in [0.05, 0.1) is 18.2 Å². The lowest BCUT2D eigenvalue weighted by molar-refractivity contribution is -0.118. The van der Waals surface area contributed by atoms with Crippen LogP contribution in [0.15, 0.2) is 42.5 Å². The molecule has 138 valence electrons. The molecule has 0 atom stereocenters. The van der Waals surface area contributed by atoms with E-state index in [1.165, 1.54) is 4.90 Å². The third-order valence-corrected chi connectivity index (χ3v) is 5.13. The average Bonchev–Trinajstić information content (AvgIpc) is 2.95. The number of rotatable bonds is 4. The highest BCUT2D eigenvalue weighted by atomic mass is 16.5. The minimum absolute atomic E-state index is 0.0855. The van der Waals surface area contributed by atoms with Gasteiger partial charge in [-0.2, -0.15) is 0 Å². The molecular formula is C21H20N2O4. The number of fused-ring (bicyclic) bond motifs is 2. The zero-order valence-electron chi connectivity index (χ0n) is 15.1. The summed E-state index contributed by atoms with van der Waals surface area (Å²) in [6.07, 6.45) is 1.88. The number of hydrogen-bond donors (Lipinski definition) is 0. The lowest BCUT2D eigenvalue weighted by atomic mass is 10.0. The minimum atomic E-state index is -0.327. The number of anilines is 1. The summed E-state index contributed by atoms with van der Waals surface area (Å²) in [6, 6.07) is 12.5. The van der Waals surface area contributed by atoms with Crippen molar-refractivity contribution in [3.05, 3.63) is 59.2 Å². The van der Waals surface area contributed by atoms with Gasteiger partial charge in [0.1, 0.15) is 5.75 Å². The maximum atomic E-state index is 12.8. The van der Waals surface area contributed by atoms with Crippen LogP contribution >= 0.6 is 0 Å². The number of imide groups is 1. The Labute approximate surface area is 157 Å². The van der Waals surface area contributed by atoms with E-state index in [1.807, 2.05) is 18.2 Å². The van der Waals surface area contributed by atoms with E-state index in [-0.39, 0.29) is 30.7 Å². The molecule has 0 saturated heterocycles. The first-order chi connectivity index (χ1) is 13.1. The van der Waals surface area contributed by atoms with Gasteiger partial charge >= 0.3 is 0 Å². The van der Waals surface area contributed by atoms with Crippen LogP contribution in [0.25, 0.3) is 0 Å². The summed E-state index contributed by atoms with van der Waals surface area (Å²) in [7, 11) is 1.62. The molecule has 0 spiro atoms. The molecule has 0 aromatic heterocycles. The van der Waals surface area contributed by atoms with Crippen molar-refractivity contribution in [3.8, 4) is 5.75 Å². The normalized spacial score (nSPS) is 15.6. The molecule has 6 heteroatoms. The second-order valence-electron chi connectivity index (χ2n) is 6.70. The van der Waals surface area contributed by atoms with E-state index >= 15 is 0 Å². The number of amides is 3. The molecule has 6 nitrogen and oxygen atoms in total. The number of ether oxygens (including phenoxy) is 1. The largest absolute Gasteiger partial charge is 0.497 e. The third kappa shape index (κ3) is 2.97. The SMILES string of the molecule is COc1ccc2c(c1)CCCN2C(=O)CCN1C(=O)c2ccccc2C1=O. The smallest absolute Gasteiger partial charge is 0.261 e. The molecule has 3 amide bonds. The fraction of sp³-hybridized carbons (Fsp3) is 0.286. The summed E-state index contributed by atoms with van der Waals surface area (Å²) in [6.45, 7) is 0.730. The highest BCUT2D eigenvalue weighted by Crippen LogP contribution is 2.31. The van der Waals surface area contributed by atoms with Crippen LogP contribution in [-0.4, -0.2) is 42.8 Å². The van der Waals surface area contributed by atoms with Crippen molar-refractivity contribution in [1.82, 2.24) is 4.90 Å². The number of aryl methyl sites for hydroxylation is 1. The topological polar surface area (TPSA) is 66.9 Å². The van der Waals surface area contributed by atoms with Crippen LogP contribution in [0.4, 0.5) is 5.69 Å². The van der Waals surface area contributed by atoms with Crippen LogP contribution in [0, 0.1) is 0 Å². The number of methoxy groups -OCH3 is 1. The number of carbonyl (C=O) groups is 3. The van der Waals surface area contributed by atoms with Crippen molar-refractivity contribution < 1.29 is 19.1 Å². The Morgan fingerprint density at radius 3 is 2.44 bits per heavy atom. The van der Waals surface area contributed by atoms with Gasteiger partial charge in [0, 0.05) is 25.2 Å². The summed E-state index contributed by atoms with van der Waals surface area (Å²) in [5.74, 6) is 0.0334. The zero-order valence-corrected chi connectivity index (χ0v) is 15.1. The lowest BCUT2D eigenvalue weighted by Gasteiger charge is -2.30. The number of carbonyl (C=O) groups excluding carboxylic acids is 3. The summed E-state index contributed by atoms with van der Waals surface area (Å²) in [4.78, 5) is 40.6. The van der Waals surface area contributed by atoms with Crippen molar-refractivity contribution in [3.63, 3.8) is 0 Å². The molecule has 0 radical (unpaired) electrons. The van der Waals surface area contributed by atoms with Crippen LogP contribution in [-0.2, 0) is 11.2 Å². The van der Waals surface area contributed by atoms with Gasteiger partial charge in [0.25, 0.3) is 11.8 Å². The monoisotopic (exact) mass is 364 g/mol. The predicted molar refractivity (Wildman–Crippen MR) is 100 cm³/mol. The van der Waals surface area contributed by atoms with E-state index in [0.717, 1.165) is 29.8 Å². The Balaban J connectivity index is 1.47. The first kappa shape index (κ1) is 17.3. The highest BCUT2D eigenvalue weighted by molar-refractivity contribution is 6.21. The van der Waals surface area contributed by atoms with Crippen LogP contribution in [0.1, 0.15) is 39.1 Å². The Bertz CT molecular complexity index is 903. The van der Waals surface area contributed by atoms with E-state index in [9.17, 15) is 14.4 Å². The second kappa shape index (κ2) is 6.87. The molecule has 0 unspecified atom stereocenters. The molecule has 2 aliphatic rings. The Morgan fingerprint density at radius 1 is 1.07 bits per heavy atom. The molecular weight excluding hydrogens is 344 g/mol. The summed E-state index contributed by atoms with van der Waals surface area (Å²) >= 11 is 0. The van der Waals surface area contributed by atoms with Gasteiger partial charge in [-0.05, 0) is 48.7 Å². The summed E-state index contributed by atoms with van der Waals surface area (Å²) in [5.41, 5.74) is 2.78. The standard InChI is InChI=1S/C21H20N2O4/c1-27-15-8-9-18-14(13-15)5-4-11-22(18)19(24)10-12-23-20(25)16-6-2-3-7-17(16)21(23)26/h2-3,6-9,13H,4-5,10-12H2,1H3. The first-order valence-corrected chi connectivity index (χ1v) is 9.02. The van der Waals surface area contributed by atoms with E-state index in [4.69, 9.17) is 4.74 Å². The Hall–Kier alpha value is -3.15. The van der Waals surface area contributed by atoms with E-state index in [0.29, 0.717) is 17.7 Å².